The fraction of sp³-hybridized carbons (Fsp3) is 0.471. The molecule has 0 aliphatic heterocycles. The summed E-state index contributed by atoms with van der Waals surface area (Å²) < 4.78 is 5.28. The Hall–Kier alpha value is -1.61. The van der Waals surface area contributed by atoms with Gasteiger partial charge in [-0.3, -0.25) is 10.1 Å². The number of hydrogen-bond donors (Lipinski definition) is 1. The van der Waals surface area contributed by atoms with E-state index in [9.17, 15) is 4.79 Å². The Bertz CT molecular complexity index is 403. The van der Waals surface area contributed by atoms with Gasteiger partial charge in [-0.2, -0.15) is 0 Å². The van der Waals surface area contributed by atoms with Crippen LogP contribution in [0.1, 0.15) is 44.7 Å². The van der Waals surface area contributed by atoms with E-state index in [2.05, 4.69) is 18.8 Å². The van der Waals surface area contributed by atoms with Gasteiger partial charge in [0, 0.05) is 6.04 Å². The van der Waals surface area contributed by atoms with Crippen LogP contribution in [0, 0.1) is 0 Å². The first-order chi connectivity index (χ1) is 9.69. The lowest BCUT2D eigenvalue weighted by molar-refractivity contribution is -0.146. The van der Waals surface area contributed by atoms with E-state index in [1.807, 2.05) is 37.3 Å². The van der Waals surface area contributed by atoms with E-state index in [0.717, 1.165) is 18.4 Å². The Kier molecular flexibility index (Phi) is 7.66. The van der Waals surface area contributed by atoms with E-state index >= 15 is 0 Å². The zero-order chi connectivity index (χ0) is 14.8. The molecule has 0 spiro atoms. The van der Waals surface area contributed by atoms with Crippen molar-refractivity contribution in [3.05, 3.63) is 48.6 Å². The Morgan fingerprint density at radius 3 is 2.70 bits per heavy atom. The maximum atomic E-state index is 12.0. The zero-order valence-corrected chi connectivity index (χ0v) is 12.5. The van der Waals surface area contributed by atoms with Crippen LogP contribution in [0.2, 0.25) is 0 Å². The Morgan fingerprint density at radius 2 is 2.10 bits per heavy atom. The highest BCUT2D eigenvalue weighted by atomic mass is 16.5. The topological polar surface area (TPSA) is 38.3 Å². The normalized spacial score (nSPS) is 13.5. The molecule has 0 saturated carbocycles. The molecule has 1 aromatic rings. The number of ether oxygens (including phenoxy) is 1. The molecule has 0 unspecified atom stereocenters. The van der Waals surface area contributed by atoms with Crippen molar-refractivity contribution in [2.24, 2.45) is 0 Å². The second kappa shape index (κ2) is 9.32. The van der Waals surface area contributed by atoms with Gasteiger partial charge in [-0.05, 0) is 25.3 Å². The molecule has 0 heterocycles. The second-order valence-corrected chi connectivity index (χ2v) is 4.90. The molecule has 2 atom stereocenters. The average Bonchev–Trinajstić information content (AvgIpc) is 2.47. The number of carbonyl (C=O) groups excluding carboxylic acids is 1. The van der Waals surface area contributed by atoms with Gasteiger partial charge in [0.2, 0.25) is 0 Å². The molecule has 0 aliphatic rings. The van der Waals surface area contributed by atoms with Crippen LogP contribution < -0.4 is 5.32 Å². The molecule has 1 N–H and O–H groups in total. The number of benzene rings is 1. The molecule has 1 aromatic carbocycles. The number of carbonyl (C=O) groups is 1. The van der Waals surface area contributed by atoms with Crippen LogP contribution in [0.25, 0.3) is 0 Å². The Balaban J connectivity index is 2.57. The lowest BCUT2D eigenvalue weighted by Gasteiger charge is -2.21. The van der Waals surface area contributed by atoms with Crippen molar-refractivity contribution in [2.45, 2.75) is 45.2 Å². The van der Waals surface area contributed by atoms with Gasteiger partial charge >= 0.3 is 5.97 Å². The van der Waals surface area contributed by atoms with Crippen molar-refractivity contribution in [2.75, 3.05) is 6.61 Å². The smallest absolute Gasteiger partial charge is 0.323 e. The van der Waals surface area contributed by atoms with Crippen molar-refractivity contribution in [1.82, 2.24) is 5.32 Å². The number of esters is 1. The summed E-state index contributed by atoms with van der Waals surface area (Å²) in [5, 5.41) is 3.32. The molecule has 0 aliphatic carbocycles. The molecule has 110 valence electrons. The molecule has 0 fully saturated rings. The number of hydrogen-bond acceptors (Lipinski definition) is 3. The third-order valence-corrected chi connectivity index (χ3v) is 3.18. The number of nitrogens with one attached hydrogen (secondary N) is 1. The Morgan fingerprint density at radius 1 is 1.40 bits per heavy atom. The maximum Gasteiger partial charge on any atom is 0.323 e. The summed E-state index contributed by atoms with van der Waals surface area (Å²) in [6.45, 7) is 8.32. The highest BCUT2D eigenvalue weighted by Gasteiger charge is 2.20. The summed E-state index contributed by atoms with van der Waals surface area (Å²) in [7, 11) is 0. The highest BCUT2D eigenvalue weighted by Crippen LogP contribution is 2.13. The van der Waals surface area contributed by atoms with Crippen molar-refractivity contribution in [1.29, 1.82) is 0 Å². The summed E-state index contributed by atoms with van der Waals surface area (Å²) in [4.78, 5) is 12.0. The van der Waals surface area contributed by atoms with Crippen LogP contribution in [0.5, 0.6) is 0 Å². The first-order valence-electron chi connectivity index (χ1n) is 7.27. The van der Waals surface area contributed by atoms with Crippen LogP contribution in [-0.4, -0.2) is 18.6 Å². The molecule has 3 nitrogen and oxygen atoms in total. The largest absolute Gasteiger partial charge is 0.465 e. The van der Waals surface area contributed by atoms with Crippen molar-refractivity contribution >= 4 is 5.97 Å². The molecule has 3 heteroatoms. The maximum absolute atomic E-state index is 12.0. The fourth-order valence-electron chi connectivity index (χ4n) is 1.96. The molecular weight excluding hydrogens is 250 g/mol. The number of unbranched alkanes of at least 4 members (excludes halogenated alkanes) is 1. The SMILES string of the molecule is C=CC[C@H](N[C@@H](C)c1ccccc1)C(=O)OCCCC. The first-order valence-corrected chi connectivity index (χ1v) is 7.27. The predicted octanol–water partition coefficient (Wildman–Crippen LogP) is 3.63. The molecule has 1 rings (SSSR count). The van der Waals surface area contributed by atoms with Gasteiger partial charge in [-0.15, -0.1) is 6.58 Å². The molecule has 20 heavy (non-hydrogen) atoms. The minimum Gasteiger partial charge on any atom is -0.465 e. The van der Waals surface area contributed by atoms with Gasteiger partial charge in [0.1, 0.15) is 6.04 Å². The third-order valence-electron chi connectivity index (χ3n) is 3.18. The highest BCUT2D eigenvalue weighted by molar-refractivity contribution is 5.76. The van der Waals surface area contributed by atoms with E-state index in [1.54, 1.807) is 6.08 Å². The lowest BCUT2D eigenvalue weighted by atomic mass is 10.1. The predicted molar refractivity (Wildman–Crippen MR) is 82.5 cm³/mol. The van der Waals surface area contributed by atoms with Gasteiger partial charge in [-0.1, -0.05) is 49.8 Å². The van der Waals surface area contributed by atoms with E-state index in [0.29, 0.717) is 13.0 Å². The van der Waals surface area contributed by atoms with Crippen molar-refractivity contribution in [3.8, 4) is 0 Å². The number of rotatable bonds is 9. The van der Waals surface area contributed by atoms with E-state index in [4.69, 9.17) is 4.74 Å². The monoisotopic (exact) mass is 275 g/mol. The van der Waals surface area contributed by atoms with Crippen LogP contribution in [0.3, 0.4) is 0 Å². The summed E-state index contributed by atoms with van der Waals surface area (Å²) >= 11 is 0. The Labute approximate surface area is 122 Å². The lowest BCUT2D eigenvalue weighted by Crippen LogP contribution is -2.39. The van der Waals surface area contributed by atoms with Crippen LogP contribution in [-0.2, 0) is 9.53 Å². The van der Waals surface area contributed by atoms with E-state index < -0.39 is 0 Å². The van der Waals surface area contributed by atoms with Gasteiger partial charge in [-0.25, -0.2) is 0 Å². The molecule has 0 amide bonds. The van der Waals surface area contributed by atoms with Gasteiger partial charge in [0.25, 0.3) is 0 Å². The quantitative estimate of drug-likeness (QED) is 0.425. The summed E-state index contributed by atoms with van der Waals surface area (Å²) in [5.41, 5.74) is 1.16. The molecule has 0 radical (unpaired) electrons. The second-order valence-electron chi connectivity index (χ2n) is 4.90. The van der Waals surface area contributed by atoms with E-state index in [1.165, 1.54) is 0 Å². The molecular formula is C17H25NO2. The van der Waals surface area contributed by atoms with Crippen LogP contribution in [0.4, 0.5) is 0 Å². The zero-order valence-electron chi connectivity index (χ0n) is 12.5. The molecule has 0 bridgehead atoms. The van der Waals surface area contributed by atoms with Crippen LogP contribution >= 0.6 is 0 Å². The van der Waals surface area contributed by atoms with Gasteiger partial charge < -0.3 is 4.74 Å². The van der Waals surface area contributed by atoms with E-state index in [-0.39, 0.29) is 18.1 Å². The van der Waals surface area contributed by atoms with Crippen molar-refractivity contribution < 1.29 is 9.53 Å². The fourth-order valence-corrected chi connectivity index (χ4v) is 1.96. The molecule has 0 saturated heterocycles. The van der Waals surface area contributed by atoms with Gasteiger partial charge in [0.15, 0.2) is 0 Å². The first kappa shape index (κ1) is 16.4. The summed E-state index contributed by atoms with van der Waals surface area (Å²) in [6.07, 6.45) is 4.24. The third kappa shape index (κ3) is 5.57. The van der Waals surface area contributed by atoms with Gasteiger partial charge in [0.05, 0.1) is 6.61 Å². The van der Waals surface area contributed by atoms with Crippen molar-refractivity contribution in [3.63, 3.8) is 0 Å². The molecule has 0 aromatic heterocycles. The minimum absolute atomic E-state index is 0.0971. The summed E-state index contributed by atoms with van der Waals surface area (Å²) in [5.74, 6) is -0.193. The average molecular weight is 275 g/mol. The standard InChI is InChI=1S/C17H25NO2/c1-4-6-13-20-17(19)16(10-5-2)18-14(3)15-11-8-7-9-12-15/h5,7-9,11-12,14,16,18H,2,4,6,10,13H2,1,3H3/t14-,16-/m0/s1. The minimum atomic E-state index is -0.334. The van der Waals surface area contributed by atoms with Crippen LogP contribution in [0.15, 0.2) is 43.0 Å². The summed E-state index contributed by atoms with van der Waals surface area (Å²) in [6, 6.07) is 9.83.